The van der Waals surface area contributed by atoms with Crippen LogP contribution in [0.1, 0.15) is 38.7 Å². The Morgan fingerprint density at radius 2 is 1.97 bits per heavy atom. The Hall–Kier alpha value is -1.06. The van der Waals surface area contributed by atoms with E-state index in [1.54, 1.807) is 0 Å². The molecule has 0 aliphatic carbocycles. The molecule has 1 heterocycles. The summed E-state index contributed by atoms with van der Waals surface area (Å²) in [5.74, 6) is 1.83. The van der Waals surface area contributed by atoms with Crippen molar-refractivity contribution in [1.82, 2.24) is 20.4 Å². The molecule has 1 aliphatic heterocycles. The topological polar surface area (TPSA) is 52.1 Å². The van der Waals surface area contributed by atoms with Crippen LogP contribution >= 0.6 is 24.0 Å². The van der Waals surface area contributed by atoms with Crippen LogP contribution in [0.4, 0.5) is 0 Å². The van der Waals surface area contributed by atoms with Crippen LogP contribution in [0, 0.1) is 0 Å². The van der Waals surface area contributed by atoms with Gasteiger partial charge in [0.25, 0.3) is 0 Å². The van der Waals surface area contributed by atoms with Crippen LogP contribution in [0.25, 0.3) is 0 Å². The van der Waals surface area contributed by atoms with Gasteiger partial charge in [0, 0.05) is 25.7 Å². The maximum atomic E-state index is 5.80. The summed E-state index contributed by atoms with van der Waals surface area (Å²) in [5.41, 5.74) is 1.19. The number of ether oxygens (including phenoxy) is 1. The predicted octanol–water partition coefficient (Wildman–Crippen LogP) is 3.17. The maximum Gasteiger partial charge on any atom is 0.191 e. The van der Waals surface area contributed by atoms with Crippen LogP contribution in [0.3, 0.4) is 0 Å². The number of likely N-dealkylation sites (N-methyl/N-ethyl adjacent to an activating group) is 1. The summed E-state index contributed by atoms with van der Waals surface area (Å²) >= 11 is 0. The van der Waals surface area contributed by atoms with Crippen molar-refractivity contribution in [2.45, 2.75) is 45.7 Å². The first-order valence-electron chi connectivity index (χ1n) is 10.7. The number of hydrogen-bond donors (Lipinski definition) is 2. The molecule has 1 aromatic carbocycles. The van der Waals surface area contributed by atoms with E-state index in [0.717, 1.165) is 50.9 Å². The first-order valence-corrected chi connectivity index (χ1v) is 10.7. The van der Waals surface area contributed by atoms with Gasteiger partial charge in [-0.3, -0.25) is 4.90 Å². The number of likely N-dealkylation sites (tertiary alicyclic amines) is 1. The first kappa shape index (κ1) is 26.0. The summed E-state index contributed by atoms with van der Waals surface area (Å²) < 4.78 is 5.80. The van der Waals surface area contributed by atoms with Crippen molar-refractivity contribution in [2.24, 2.45) is 4.99 Å². The summed E-state index contributed by atoms with van der Waals surface area (Å²) in [6, 6.07) is 8.91. The van der Waals surface area contributed by atoms with Gasteiger partial charge in [0.05, 0.1) is 13.2 Å². The Morgan fingerprint density at radius 3 is 2.62 bits per heavy atom. The minimum atomic E-state index is 0. The highest BCUT2D eigenvalue weighted by molar-refractivity contribution is 14.0. The zero-order valence-electron chi connectivity index (χ0n) is 18.6. The van der Waals surface area contributed by atoms with Crippen LogP contribution in [0.15, 0.2) is 29.3 Å². The summed E-state index contributed by atoms with van der Waals surface area (Å²) in [5, 5.41) is 6.88. The average Bonchev–Trinajstić information content (AvgIpc) is 3.16. The minimum absolute atomic E-state index is 0. The first-order chi connectivity index (χ1) is 13.6. The molecule has 2 N–H and O–H groups in total. The van der Waals surface area contributed by atoms with Gasteiger partial charge >= 0.3 is 0 Å². The molecule has 1 saturated heterocycles. The monoisotopic (exact) mass is 517 g/mol. The van der Waals surface area contributed by atoms with E-state index in [9.17, 15) is 0 Å². The number of guanidine groups is 1. The number of nitrogens with one attached hydrogen (secondary N) is 2. The molecule has 0 spiro atoms. The van der Waals surface area contributed by atoms with Gasteiger partial charge < -0.3 is 20.3 Å². The molecule has 1 atom stereocenters. The number of rotatable bonds is 11. The second-order valence-corrected chi connectivity index (χ2v) is 7.65. The second-order valence-electron chi connectivity index (χ2n) is 7.65. The molecule has 7 heteroatoms. The quantitative estimate of drug-likeness (QED) is 0.205. The van der Waals surface area contributed by atoms with Crippen molar-refractivity contribution < 1.29 is 4.74 Å². The van der Waals surface area contributed by atoms with Crippen molar-refractivity contribution in [3.05, 3.63) is 29.8 Å². The number of halogens is 1. The third-order valence-corrected chi connectivity index (χ3v) is 5.12. The van der Waals surface area contributed by atoms with E-state index >= 15 is 0 Å². The van der Waals surface area contributed by atoms with Gasteiger partial charge in [-0.1, -0.05) is 19.1 Å². The van der Waals surface area contributed by atoms with E-state index < -0.39 is 0 Å². The van der Waals surface area contributed by atoms with E-state index in [0.29, 0.717) is 12.6 Å². The van der Waals surface area contributed by atoms with Gasteiger partial charge in [-0.05, 0) is 71.1 Å². The normalized spacial score (nSPS) is 17.3. The van der Waals surface area contributed by atoms with Crippen molar-refractivity contribution in [1.29, 1.82) is 0 Å². The lowest BCUT2D eigenvalue weighted by atomic mass is 10.2. The zero-order valence-corrected chi connectivity index (χ0v) is 20.9. The lowest BCUT2D eigenvalue weighted by Crippen LogP contribution is -2.44. The van der Waals surface area contributed by atoms with E-state index in [4.69, 9.17) is 9.73 Å². The Morgan fingerprint density at radius 1 is 1.21 bits per heavy atom. The molecule has 0 saturated carbocycles. The van der Waals surface area contributed by atoms with Gasteiger partial charge in [0.15, 0.2) is 5.96 Å². The lowest BCUT2D eigenvalue weighted by Gasteiger charge is -2.24. The van der Waals surface area contributed by atoms with Crippen molar-refractivity contribution >= 4 is 29.9 Å². The number of aliphatic imine (C=N–C) groups is 1. The molecule has 0 amide bonds. The Kier molecular flexibility index (Phi) is 13.3. The van der Waals surface area contributed by atoms with Crippen molar-refractivity contribution in [3.63, 3.8) is 0 Å². The van der Waals surface area contributed by atoms with Crippen LogP contribution in [0.2, 0.25) is 0 Å². The number of nitrogens with zero attached hydrogens (tertiary/aromatic N) is 3. The molecule has 2 rings (SSSR count). The Balaban J connectivity index is 0.00000420. The molecule has 29 heavy (non-hydrogen) atoms. The van der Waals surface area contributed by atoms with E-state index in [2.05, 4.69) is 60.5 Å². The fourth-order valence-corrected chi connectivity index (χ4v) is 3.53. The predicted molar refractivity (Wildman–Crippen MR) is 134 cm³/mol. The largest absolute Gasteiger partial charge is 0.494 e. The van der Waals surface area contributed by atoms with Crippen LogP contribution in [-0.4, -0.2) is 75.2 Å². The van der Waals surface area contributed by atoms with Gasteiger partial charge in [-0.15, -0.1) is 24.0 Å². The fraction of sp³-hybridized carbons (Fsp3) is 0.682. The molecule has 0 radical (unpaired) electrons. The molecular weight excluding hydrogens is 477 g/mol. The van der Waals surface area contributed by atoms with Gasteiger partial charge in [-0.25, -0.2) is 4.99 Å². The summed E-state index contributed by atoms with van der Waals surface area (Å²) in [7, 11) is 4.17. The summed E-state index contributed by atoms with van der Waals surface area (Å²) in [6.45, 7) is 11.0. The third kappa shape index (κ3) is 10.00. The molecule has 1 aromatic rings. The van der Waals surface area contributed by atoms with Crippen LogP contribution < -0.4 is 15.4 Å². The number of hydrogen-bond acceptors (Lipinski definition) is 4. The maximum absolute atomic E-state index is 5.80. The van der Waals surface area contributed by atoms with Crippen LogP contribution in [-0.2, 0) is 6.54 Å². The minimum Gasteiger partial charge on any atom is -0.494 e. The fourth-order valence-electron chi connectivity index (χ4n) is 3.53. The zero-order chi connectivity index (χ0) is 20.2. The average molecular weight is 518 g/mol. The van der Waals surface area contributed by atoms with Crippen molar-refractivity contribution in [2.75, 3.05) is 53.4 Å². The van der Waals surface area contributed by atoms with Gasteiger partial charge in [0.2, 0.25) is 0 Å². The van der Waals surface area contributed by atoms with Gasteiger partial charge in [-0.2, -0.15) is 0 Å². The molecule has 0 aromatic heterocycles. The summed E-state index contributed by atoms with van der Waals surface area (Å²) in [6.07, 6.45) is 3.61. The standard InChI is InChI=1S/C22H39N5O.HI/c1-5-23-22(25-18-20-9-7-15-27(20)6-2)24-17-19-10-12-21(13-11-19)28-16-8-14-26(3)4;/h10-13,20H,5-9,14-18H2,1-4H3,(H2,23,24,25);1H. The van der Waals surface area contributed by atoms with E-state index in [1.165, 1.54) is 24.9 Å². The van der Waals surface area contributed by atoms with E-state index in [-0.39, 0.29) is 24.0 Å². The Labute approximate surface area is 194 Å². The molecule has 0 bridgehead atoms. The highest BCUT2D eigenvalue weighted by Crippen LogP contribution is 2.16. The SMILES string of the molecule is CCNC(=NCc1ccc(OCCCN(C)C)cc1)NCC1CCCN1CC.I. The molecule has 6 nitrogen and oxygen atoms in total. The lowest BCUT2D eigenvalue weighted by molar-refractivity contribution is 0.267. The highest BCUT2D eigenvalue weighted by atomic mass is 127. The summed E-state index contributed by atoms with van der Waals surface area (Å²) in [4.78, 5) is 9.47. The molecule has 1 aliphatic rings. The van der Waals surface area contributed by atoms with Crippen molar-refractivity contribution in [3.8, 4) is 5.75 Å². The molecule has 166 valence electrons. The van der Waals surface area contributed by atoms with Crippen LogP contribution in [0.5, 0.6) is 5.75 Å². The molecule has 1 unspecified atom stereocenters. The smallest absolute Gasteiger partial charge is 0.191 e. The molecular formula is C22H40IN5O. The highest BCUT2D eigenvalue weighted by Gasteiger charge is 2.22. The van der Waals surface area contributed by atoms with Gasteiger partial charge in [0.1, 0.15) is 5.75 Å². The third-order valence-electron chi connectivity index (χ3n) is 5.12. The Bertz CT molecular complexity index is 579. The second kappa shape index (κ2) is 14.8. The van der Waals surface area contributed by atoms with E-state index in [1.807, 2.05) is 12.1 Å². The molecule has 1 fully saturated rings. The number of benzene rings is 1.